The maximum Gasteiger partial charge on any atom is 0.471 e. The Bertz CT molecular complexity index is 531. The van der Waals surface area contributed by atoms with E-state index in [1.807, 2.05) is 0 Å². The van der Waals surface area contributed by atoms with Gasteiger partial charge in [-0.15, -0.1) is 0 Å². The second kappa shape index (κ2) is 5.91. The predicted molar refractivity (Wildman–Crippen MR) is 67.9 cm³/mol. The van der Waals surface area contributed by atoms with Gasteiger partial charge in [-0.25, -0.2) is 4.79 Å². The van der Waals surface area contributed by atoms with E-state index in [0.29, 0.717) is 4.47 Å². The predicted octanol–water partition coefficient (Wildman–Crippen LogP) is 3.50. The molecule has 104 valence electrons. The summed E-state index contributed by atoms with van der Waals surface area (Å²) in [6, 6.07) is 2.63. The van der Waals surface area contributed by atoms with Gasteiger partial charge in [-0.3, -0.25) is 4.79 Å². The highest BCUT2D eigenvalue weighted by Gasteiger charge is 2.39. The van der Waals surface area contributed by atoms with Crippen LogP contribution in [-0.4, -0.2) is 25.2 Å². The molecule has 0 saturated heterocycles. The third kappa shape index (κ3) is 3.93. The zero-order valence-corrected chi connectivity index (χ0v) is 12.4. The molecule has 0 saturated carbocycles. The quantitative estimate of drug-likeness (QED) is 0.767. The minimum Gasteiger partial charge on any atom is -0.465 e. The van der Waals surface area contributed by atoms with Crippen LogP contribution in [0.2, 0.25) is 0 Å². The highest BCUT2D eigenvalue weighted by Crippen LogP contribution is 2.32. The van der Waals surface area contributed by atoms with Gasteiger partial charge >= 0.3 is 18.1 Å². The average molecular weight is 405 g/mol. The summed E-state index contributed by atoms with van der Waals surface area (Å²) in [7, 11) is 1.08. The average Bonchev–Trinajstić information content (AvgIpc) is 2.29. The number of methoxy groups -OCH3 is 1. The Morgan fingerprint density at radius 2 is 1.84 bits per heavy atom. The van der Waals surface area contributed by atoms with E-state index in [1.54, 1.807) is 5.32 Å². The molecule has 1 N–H and O–H groups in total. The third-order valence-corrected chi connectivity index (χ3v) is 3.04. The number of rotatable bonds is 2. The lowest BCUT2D eigenvalue weighted by molar-refractivity contribution is -0.167. The van der Waals surface area contributed by atoms with Crippen LogP contribution in [0.3, 0.4) is 0 Å². The lowest BCUT2D eigenvalue weighted by Gasteiger charge is -2.13. The van der Waals surface area contributed by atoms with Crippen LogP contribution in [0.15, 0.2) is 21.1 Å². The van der Waals surface area contributed by atoms with Crippen molar-refractivity contribution in [3.05, 3.63) is 26.6 Å². The fraction of sp³-hybridized carbons (Fsp3) is 0.200. The summed E-state index contributed by atoms with van der Waals surface area (Å²) < 4.78 is 41.6. The van der Waals surface area contributed by atoms with Crippen molar-refractivity contribution in [2.75, 3.05) is 12.4 Å². The first-order chi connectivity index (χ1) is 8.66. The first kappa shape index (κ1) is 16.0. The first-order valence-electron chi connectivity index (χ1n) is 4.62. The van der Waals surface area contributed by atoms with Gasteiger partial charge in [-0.2, -0.15) is 13.2 Å². The van der Waals surface area contributed by atoms with Gasteiger partial charge in [-0.05, 0) is 28.1 Å². The van der Waals surface area contributed by atoms with Crippen LogP contribution >= 0.6 is 31.9 Å². The second-order valence-corrected chi connectivity index (χ2v) is 5.02. The Kier molecular flexibility index (Phi) is 4.97. The van der Waals surface area contributed by atoms with E-state index in [0.717, 1.165) is 7.11 Å². The number of esters is 1. The number of halogens is 5. The van der Waals surface area contributed by atoms with Gasteiger partial charge < -0.3 is 10.1 Å². The van der Waals surface area contributed by atoms with Crippen molar-refractivity contribution in [3.63, 3.8) is 0 Å². The monoisotopic (exact) mass is 403 g/mol. The number of carbonyl (C=O) groups is 2. The van der Waals surface area contributed by atoms with Gasteiger partial charge in [-0.1, -0.05) is 15.9 Å². The van der Waals surface area contributed by atoms with E-state index in [2.05, 4.69) is 36.6 Å². The topological polar surface area (TPSA) is 55.4 Å². The number of hydrogen-bond donors (Lipinski definition) is 1. The minimum atomic E-state index is -5.06. The molecule has 0 atom stereocenters. The number of hydrogen-bond acceptors (Lipinski definition) is 3. The number of nitrogens with one attached hydrogen (secondary N) is 1. The van der Waals surface area contributed by atoms with Gasteiger partial charge in [0.15, 0.2) is 0 Å². The van der Waals surface area contributed by atoms with Crippen LogP contribution in [0.25, 0.3) is 0 Å². The number of alkyl halides is 3. The third-order valence-electron chi connectivity index (χ3n) is 1.96. The molecular weight excluding hydrogens is 399 g/mol. The lowest BCUT2D eigenvalue weighted by atomic mass is 10.2. The molecule has 1 aromatic carbocycles. The molecule has 0 aliphatic carbocycles. The van der Waals surface area contributed by atoms with Crippen molar-refractivity contribution in [1.82, 2.24) is 0 Å². The van der Waals surface area contributed by atoms with Crippen LogP contribution in [0, 0.1) is 0 Å². The molecular formula is C10H6Br2F3NO3. The standard InChI is InChI=1S/C10H6Br2F3NO3/c1-19-8(17)5-2-4(11)3-6(12)7(5)16-9(18)10(13,14)15/h2-3H,1H3,(H,16,18). The van der Waals surface area contributed by atoms with Crippen LogP contribution in [0.1, 0.15) is 10.4 Å². The molecule has 0 bridgehead atoms. The van der Waals surface area contributed by atoms with Crippen molar-refractivity contribution < 1.29 is 27.5 Å². The summed E-state index contributed by atoms with van der Waals surface area (Å²) in [6.07, 6.45) is -5.06. The number of carbonyl (C=O) groups excluding carboxylic acids is 2. The molecule has 4 nitrogen and oxygen atoms in total. The van der Waals surface area contributed by atoms with E-state index in [4.69, 9.17) is 0 Å². The van der Waals surface area contributed by atoms with E-state index in [-0.39, 0.29) is 15.7 Å². The Hall–Kier alpha value is -1.09. The van der Waals surface area contributed by atoms with Crippen molar-refractivity contribution in [2.24, 2.45) is 0 Å². The van der Waals surface area contributed by atoms with E-state index in [9.17, 15) is 22.8 Å². The summed E-state index contributed by atoms with van der Waals surface area (Å²) in [5.74, 6) is -3.06. The molecule has 0 aromatic heterocycles. The van der Waals surface area contributed by atoms with Crippen molar-refractivity contribution in [2.45, 2.75) is 6.18 Å². The zero-order valence-electron chi connectivity index (χ0n) is 9.27. The smallest absolute Gasteiger partial charge is 0.465 e. The highest BCUT2D eigenvalue weighted by atomic mass is 79.9. The summed E-state index contributed by atoms with van der Waals surface area (Å²) in [5, 5.41) is 1.63. The largest absolute Gasteiger partial charge is 0.471 e. The fourth-order valence-corrected chi connectivity index (χ4v) is 2.48. The molecule has 0 spiro atoms. The summed E-state index contributed by atoms with van der Waals surface area (Å²) in [5.41, 5.74) is -0.515. The highest BCUT2D eigenvalue weighted by molar-refractivity contribution is 9.11. The van der Waals surface area contributed by atoms with E-state index in [1.165, 1.54) is 12.1 Å². The number of amides is 1. The second-order valence-electron chi connectivity index (χ2n) is 3.25. The summed E-state index contributed by atoms with van der Waals surface area (Å²) >= 11 is 6.05. The molecule has 0 radical (unpaired) electrons. The summed E-state index contributed by atoms with van der Waals surface area (Å²) in [4.78, 5) is 22.4. The summed E-state index contributed by atoms with van der Waals surface area (Å²) in [6.45, 7) is 0. The Morgan fingerprint density at radius 1 is 1.26 bits per heavy atom. The minimum absolute atomic E-state index is 0.111. The molecule has 0 fully saturated rings. The normalized spacial score (nSPS) is 11.1. The Morgan fingerprint density at radius 3 is 2.32 bits per heavy atom. The SMILES string of the molecule is COC(=O)c1cc(Br)cc(Br)c1NC(=O)C(F)(F)F. The van der Waals surface area contributed by atoms with Gasteiger partial charge in [0.25, 0.3) is 0 Å². The van der Waals surface area contributed by atoms with Crippen molar-refractivity contribution >= 4 is 49.4 Å². The van der Waals surface area contributed by atoms with Gasteiger partial charge in [0.2, 0.25) is 0 Å². The Balaban J connectivity index is 3.26. The molecule has 1 aromatic rings. The van der Waals surface area contributed by atoms with Crippen molar-refractivity contribution in [3.8, 4) is 0 Å². The molecule has 1 amide bonds. The van der Waals surface area contributed by atoms with Crippen LogP contribution < -0.4 is 5.32 Å². The van der Waals surface area contributed by atoms with Gasteiger partial charge in [0, 0.05) is 8.95 Å². The molecule has 0 heterocycles. The van der Waals surface area contributed by atoms with E-state index >= 15 is 0 Å². The first-order valence-corrected chi connectivity index (χ1v) is 6.21. The van der Waals surface area contributed by atoms with E-state index < -0.39 is 18.1 Å². The lowest BCUT2D eigenvalue weighted by Crippen LogP contribution is -2.30. The van der Waals surface area contributed by atoms with Crippen LogP contribution in [0.4, 0.5) is 18.9 Å². The van der Waals surface area contributed by atoms with Gasteiger partial charge in [0.05, 0.1) is 18.4 Å². The molecule has 19 heavy (non-hydrogen) atoms. The molecule has 9 heteroatoms. The zero-order chi connectivity index (χ0) is 14.8. The molecule has 0 aliphatic rings. The molecule has 0 unspecified atom stereocenters. The van der Waals surface area contributed by atoms with Crippen LogP contribution in [-0.2, 0) is 9.53 Å². The fourth-order valence-electron chi connectivity index (χ4n) is 1.16. The number of anilines is 1. The molecule has 0 aliphatic heterocycles. The number of ether oxygens (including phenoxy) is 1. The molecule has 1 rings (SSSR count). The number of benzene rings is 1. The maximum atomic E-state index is 12.2. The van der Waals surface area contributed by atoms with Crippen LogP contribution in [0.5, 0.6) is 0 Å². The maximum absolute atomic E-state index is 12.2. The Labute approximate surface area is 122 Å². The van der Waals surface area contributed by atoms with Gasteiger partial charge in [0.1, 0.15) is 0 Å². The van der Waals surface area contributed by atoms with Crippen molar-refractivity contribution in [1.29, 1.82) is 0 Å².